The third kappa shape index (κ3) is 3.75. The summed E-state index contributed by atoms with van der Waals surface area (Å²) >= 11 is 0. The fourth-order valence-electron chi connectivity index (χ4n) is 2.23. The lowest BCUT2D eigenvalue weighted by Crippen LogP contribution is -2.07. The maximum Gasteiger partial charge on any atom is 0.338 e. The minimum Gasteiger partial charge on any atom is -0.487 e. The van der Waals surface area contributed by atoms with Crippen LogP contribution in [0, 0.1) is 0 Å². The second-order valence-corrected chi connectivity index (χ2v) is 5.18. The summed E-state index contributed by atoms with van der Waals surface area (Å²) in [7, 11) is 2.50. The van der Waals surface area contributed by atoms with Crippen LogP contribution in [0.2, 0.25) is 0 Å². The molecule has 26 heavy (non-hydrogen) atoms. The van der Waals surface area contributed by atoms with Crippen LogP contribution in [-0.4, -0.2) is 31.3 Å². The summed E-state index contributed by atoms with van der Waals surface area (Å²) in [6.45, 7) is 0.0649. The number of ether oxygens (including phenoxy) is 3. The molecule has 0 radical (unpaired) electrons. The van der Waals surface area contributed by atoms with Gasteiger partial charge in [0.1, 0.15) is 18.1 Å². The average Bonchev–Trinajstić information content (AvgIpc) is 3.36. The predicted molar refractivity (Wildman–Crippen MR) is 87.7 cm³/mol. The Morgan fingerprint density at radius 3 is 2.27 bits per heavy atom. The van der Waals surface area contributed by atoms with Crippen molar-refractivity contribution < 1.29 is 32.7 Å². The molecule has 0 atom stereocenters. The number of aromatic nitrogens is 1. The van der Waals surface area contributed by atoms with Gasteiger partial charge in [-0.25, -0.2) is 9.59 Å². The maximum absolute atomic E-state index is 11.8. The van der Waals surface area contributed by atoms with Crippen LogP contribution >= 0.6 is 0 Å². The number of hydrogen-bond acceptors (Lipinski definition) is 8. The first-order chi connectivity index (χ1) is 12.6. The minimum absolute atomic E-state index is 0.0649. The van der Waals surface area contributed by atoms with Crippen LogP contribution in [0.4, 0.5) is 0 Å². The lowest BCUT2D eigenvalue weighted by atomic mass is 10.1. The number of hydrogen-bond donors (Lipinski definition) is 0. The lowest BCUT2D eigenvalue weighted by molar-refractivity contribution is 0.0598. The molecule has 0 amide bonds. The first kappa shape index (κ1) is 17.3. The van der Waals surface area contributed by atoms with Gasteiger partial charge in [-0.15, -0.1) is 0 Å². The average molecular weight is 357 g/mol. The fourth-order valence-corrected chi connectivity index (χ4v) is 2.23. The minimum atomic E-state index is -0.595. The predicted octanol–water partition coefficient (Wildman–Crippen LogP) is 3.09. The van der Waals surface area contributed by atoms with Gasteiger partial charge in [-0.1, -0.05) is 5.16 Å². The molecular weight excluding hydrogens is 342 g/mol. The van der Waals surface area contributed by atoms with Gasteiger partial charge in [0.15, 0.2) is 5.76 Å². The molecule has 134 valence electrons. The third-order valence-corrected chi connectivity index (χ3v) is 3.46. The van der Waals surface area contributed by atoms with Crippen LogP contribution in [0.15, 0.2) is 51.6 Å². The Morgan fingerprint density at radius 1 is 1.00 bits per heavy atom. The molecule has 0 aliphatic carbocycles. The Bertz CT molecular complexity index is 877. The van der Waals surface area contributed by atoms with Crippen molar-refractivity contribution in [1.82, 2.24) is 5.16 Å². The zero-order valence-electron chi connectivity index (χ0n) is 14.1. The molecule has 0 bridgehead atoms. The van der Waals surface area contributed by atoms with Gasteiger partial charge in [0.05, 0.1) is 31.6 Å². The maximum atomic E-state index is 11.8. The van der Waals surface area contributed by atoms with Gasteiger partial charge in [-0.05, 0) is 30.3 Å². The molecule has 0 N–H and O–H groups in total. The molecule has 0 aliphatic rings. The Labute approximate surface area is 148 Å². The monoisotopic (exact) mass is 357 g/mol. The van der Waals surface area contributed by atoms with E-state index in [-0.39, 0.29) is 23.5 Å². The summed E-state index contributed by atoms with van der Waals surface area (Å²) in [5, 5.41) is 3.89. The van der Waals surface area contributed by atoms with Gasteiger partial charge in [0, 0.05) is 6.07 Å². The molecule has 0 fully saturated rings. The Balaban J connectivity index is 1.78. The van der Waals surface area contributed by atoms with Crippen LogP contribution in [0.1, 0.15) is 26.4 Å². The van der Waals surface area contributed by atoms with E-state index in [1.807, 2.05) is 0 Å². The normalized spacial score (nSPS) is 10.4. The first-order valence-electron chi connectivity index (χ1n) is 7.54. The summed E-state index contributed by atoms with van der Waals surface area (Å²) in [6.07, 6.45) is 1.53. The number of carbonyl (C=O) groups is 2. The summed E-state index contributed by atoms with van der Waals surface area (Å²) in [4.78, 5) is 23.5. The molecule has 0 saturated carbocycles. The van der Waals surface area contributed by atoms with E-state index < -0.39 is 11.9 Å². The van der Waals surface area contributed by atoms with E-state index >= 15 is 0 Å². The highest BCUT2D eigenvalue weighted by molar-refractivity contribution is 5.96. The molecule has 8 heteroatoms. The summed E-state index contributed by atoms with van der Waals surface area (Å²) < 4.78 is 25.4. The molecule has 1 aromatic carbocycles. The van der Waals surface area contributed by atoms with Crippen molar-refractivity contribution in [3.8, 4) is 17.3 Å². The molecule has 2 aromatic heterocycles. The Hall–Kier alpha value is -3.55. The van der Waals surface area contributed by atoms with E-state index in [4.69, 9.17) is 13.7 Å². The number of esters is 2. The zero-order chi connectivity index (χ0) is 18.5. The van der Waals surface area contributed by atoms with E-state index in [0.717, 1.165) is 0 Å². The van der Waals surface area contributed by atoms with Crippen molar-refractivity contribution in [2.24, 2.45) is 0 Å². The topological polar surface area (TPSA) is 101 Å². The largest absolute Gasteiger partial charge is 0.487 e. The van der Waals surface area contributed by atoms with Crippen LogP contribution in [0.25, 0.3) is 11.5 Å². The van der Waals surface area contributed by atoms with Gasteiger partial charge in [-0.3, -0.25) is 0 Å². The zero-order valence-corrected chi connectivity index (χ0v) is 14.1. The highest BCUT2D eigenvalue weighted by atomic mass is 16.5. The van der Waals surface area contributed by atoms with E-state index in [1.54, 1.807) is 18.2 Å². The smallest absolute Gasteiger partial charge is 0.338 e. The van der Waals surface area contributed by atoms with E-state index in [0.29, 0.717) is 17.2 Å². The molecule has 8 nitrogen and oxygen atoms in total. The highest BCUT2D eigenvalue weighted by Crippen LogP contribution is 2.23. The van der Waals surface area contributed by atoms with Crippen molar-refractivity contribution in [1.29, 1.82) is 0 Å². The van der Waals surface area contributed by atoms with E-state index in [2.05, 4.69) is 14.6 Å². The summed E-state index contributed by atoms with van der Waals surface area (Å²) in [5.41, 5.74) is 0.850. The number of nitrogens with zero attached hydrogens (tertiary/aromatic N) is 1. The third-order valence-electron chi connectivity index (χ3n) is 3.46. The van der Waals surface area contributed by atoms with Crippen molar-refractivity contribution in [3.63, 3.8) is 0 Å². The molecule has 3 aromatic rings. The molecule has 0 saturated heterocycles. The summed E-state index contributed by atoms with van der Waals surface area (Å²) in [5.74, 6) is 0.108. The summed E-state index contributed by atoms with van der Waals surface area (Å²) in [6, 6.07) is 9.45. The van der Waals surface area contributed by atoms with E-state index in [1.165, 1.54) is 38.7 Å². The van der Waals surface area contributed by atoms with Gasteiger partial charge < -0.3 is 23.2 Å². The molecule has 0 aliphatic heterocycles. The number of carbonyl (C=O) groups excluding carboxylic acids is 2. The number of furan rings is 1. The lowest BCUT2D eigenvalue weighted by Gasteiger charge is -2.08. The molecule has 3 rings (SSSR count). The second-order valence-electron chi connectivity index (χ2n) is 5.18. The van der Waals surface area contributed by atoms with Crippen LogP contribution < -0.4 is 4.74 Å². The second kappa shape index (κ2) is 7.56. The highest BCUT2D eigenvalue weighted by Gasteiger charge is 2.15. The van der Waals surface area contributed by atoms with Crippen molar-refractivity contribution >= 4 is 11.9 Å². The van der Waals surface area contributed by atoms with Gasteiger partial charge >= 0.3 is 11.9 Å². The van der Waals surface area contributed by atoms with Crippen molar-refractivity contribution in [3.05, 3.63) is 59.5 Å². The number of benzene rings is 1. The molecule has 0 spiro atoms. The van der Waals surface area contributed by atoms with E-state index in [9.17, 15) is 9.59 Å². The fraction of sp³-hybridized carbons (Fsp3) is 0.167. The standard InChI is InChI=1S/C18H15NO7/c1-22-17(20)11-6-12(18(21)23-2)8-14(7-11)25-10-13-9-16(26-19-13)15-4-3-5-24-15/h3-9H,10H2,1-2H3. The van der Waals surface area contributed by atoms with Crippen LogP contribution in [0.5, 0.6) is 5.75 Å². The van der Waals surface area contributed by atoms with Crippen LogP contribution in [0.3, 0.4) is 0 Å². The van der Waals surface area contributed by atoms with Gasteiger partial charge in [-0.2, -0.15) is 0 Å². The van der Waals surface area contributed by atoms with Gasteiger partial charge in [0.2, 0.25) is 5.76 Å². The number of methoxy groups -OCH3 is 2. The Kier molecular flexibility index (Phi) is 5.02. The SMILES string of the molecule is COC(=O)c1cc(OCc2cc(-c3ccco3)on2)cc(C(=O)OC)c1. The molecular formula is C18H15NO7. The van der Waals surface area contributed by atoms with Gasteiger partial charge in [0.25, 0.3) is 0 Å². The molecule has 2 heterocycles. The number of rotatable bonds is 6. The first-order valence-corrected chi connectivity index (χ1v) is 7.54. The van der Waals surface area contributed by atoms with Crippen LogP contribution in [-0.2, 0) is 16.1 Å². The molecule has 0 unspecified atom stereocenters. The van der Waals surface area contributed by atoms with Crippen molar-refractivity contribution in [2.75, 3.05) is 14.2 Å². The van der Waals surface area contributed by atoms with Crippen molar-refractivity contribution in [2.45, 2.75) is 6.61 Å². The quantitative estimate of drug-likeness (QED) is 0.620. The Morgan fingerprint density at radius 2 is 1.69 bits per heavy atom.